The van der Waals surface area contributed by atoms with Crippen molar-refractivity contribution in [3.8, 4) is 0 Å². The number of aldehydes is 1. The van der Waals surface area contributed by atoms with E-state index in [0.717, 1.165) is 12.0 Å². The molecule has 0 aromatic rings. The Morgan fingerprint density at radius 3 is 2.20 bits per heavy atom. The normalized spacial score (nSPS) is 12.2. The Morgan fingerprint density at radius 2 is 2.10 bits per heavy atom. The summed E-state index contributed by atoms with van der Waals surface area (Å²) in [6.45, 7) is 6.52. The van der Waals surface area contributed by atoms with Crippen LogP contribution in [0.2, 0.25) is 0 Å². The van der Waals surface area contributed by atoms with E-state index >= 15 is 0 Å². The second-order valence-corrected chi connectivity index (χ2v) is 1.58. The van der Waals surface area contributed by atoms with Crippen molar-refractivity contribution < 1.29 is 37.5 Å². The Hall–Kier alpha value is -0.00610. The van der Waals surface area contributed by atoms with Gasteiger partial charge in [-0.25, -0.2) is 0 Å². The van der Waals surface area contributed by atoms with E-state index in [0.29, 0.717) is 6.29 Å². The fourth-order valence-corrected chi connectivity index (χ4v) is 0.507. The molecule has 0 atom stereocenters. The van der Waals surface area contributed by atoms with Gasteiger partial charge in [0.05, 0.1) is 0 Å². The van der Waals surface area contributed by atoms with Crippen LogP contribution in [0.15, 0.2) is 23.8 Å². The first-order chi connectivity index (χ1) is 4.31. The molecule has 0 fully saturated rings. The molecule has 0 aromatic heterocycles. The van der Waals surface area contributed by atoms with Gasteiger partial charge in [-0.15, -0.1) is 6.08 Å². The molecule has 0 N–H and O–H groups in total. The second kappa shape index (κ2) is 8.99. The van der Waals surface area contributed by atoms with Crippen LogP contribution in [0.1, 0.15) is 6.42 Å². The minimum absolute atomic E-state index is 0. The molecule has 1 nitrogen and oxygen atoms in total. The fourth-order valence-electron chi connectivity index (χ4n) is 0.507. The minimum Gasteiger partial charge on any atom is -0.343 e. The van der Waals surface area contributed by atoms with Crippen LogP contribution in [-0.4, -0.2) is 6.29 Å². The van der Waals surface area contributed by atoms with Crippen molar-refractivity contribution in [1.82, 2.24) is 0 Å². The van der Waals surface area contributed by atoms with Crippen LogP contribution < -0.4 is 0 Å². The van der Waals surface area contributed by atoms with Gasteiger partial charge in [0, 0.05) is 32.7 Å². The summed E-state index contributed by atoms with van der Waals surface area (Å²) in [5.41, 5.74) is 1.15. The van der Waals surface area contributed by atoms with Gasteiger partial charge in [-0.3, -0.25) is 0 Å². The van der Waals surface area contributed by atoms with E-state index in [1.807, 2.05) is 6.08 Å². The molecule has 1 radical (unpaired) electrons. The first-order valence-corrected chi connectivity index (χ1v) is 2.72. The van der Waals surface area contributed by atoms with Crippen LogP contribution in [-0.2, 0) is 37.5 Å². The van der Waals surface area contributed by atoms with E-state index in [1.165, 1.54) is 0 Å². The zero-order valence-electron chi connectivity index (χ0n) is 5.92. The first kappa shape index (κ1) is 12.7. The van der Waals surface area contributed by atoms with E-state index in [4.69, 9.17) is 4.79 Å². The number of carbonyl (C=O) groups excluding carboxylic acids is 1. The second-order valence-electron chi connectivity index (χ2n) is 1.58. The van der Waals surface area contributed by atoms with Crippen LogP contribution in [0.25, 0.3) is 0 Å². The van der Waals surface area contributed by atoms with Crippen LogP contribution in [0.5, 0.6) is 0 Å². The molecule has 53 valence electrons. The maximum absolute atomic E-state index is 8.69. The fraction of sp³-hybridized carbons (Fsp3) is 0.125. The van der Waals surface area contributed by atoms with Crippen molar-refractivity contribution in [3.63, 3.8) is 0 Å². The summed E-state index contributed by atoms with van der Waals surface area (Å²) in [5, 5.41) is 0. The predicted molar refractivity (Wildman–Crippen MR) is 38.6 cm³/mol. The molecule has 1 rings (SSSR count). The average Bonchev–Trinajstić information content (AvgIpc) is 2.20. The molecular formula is C8H10OY-2. The van der Waals surface area contributed by atoms with Crippen LogP contribution in [0.4, 0.5) is 0 Å². The SMILES string of the molecule is [CH2-]C1=CCC=C1.[CH2-]C=O.[Y]. The van der Waals surface area contributed by atoms with Crippen LogP contribution >= 0.6 is 0 Å². The minimum atomic E-state index is 0. The summed E-state index contributed by atoms with van der Waals surface area (Å²) >= 11 is 0. The van der Waals surface area contributed by atoms with Gasteiger partial charge in [-0.05, 0) is 6.29 Å². The number of rotatable bonds is 0. The van der Waals surface area contributed by atoms with Crippen molar-refractivity contribution in [2.24, 2.45) is 0 Å². The van der Waals surface area contributed by atoms with E-state index in [-0.39, 0.29) is 32.7 Å². The summed E-state index contributed by atoms with van der Waals surface area (Å²) < 4.78 is 0. The molecule has 0 aromatic carbocycles. The van der Waals surface area contributed by atoms with Gasteiger partial charge in [-0.1, -0.05) is 6.42 Å². The summed E-state index contributed by atoms with van der Waals surface area (Å²) in [5.74, 6) is 0. The molecule has 0 aliphatic heterocycles. The summed E-state index contributed by atoms with van der Waals surface area (Å²) in [6.07, 6.45) is 7.81. The molecule has 1 aliphatic rings. The van der Waals surface area contributed by atoms with E-state index < -0.39 is 0 Å². The topological polar surface area (TPSA) is 17.1 Å². The monoisotopic (exact) mass is 211 g/mol. The van der Waals surface area contributed by atoms with E-state index in [2.05, 4.69) is 26.0 Å². The zero-order valence-corrected chi connectivity index (χ0v) is 8.75. The molecule has 0 saturated carbocycles. The van der Waals surface area contributed by atoms with Crippen molar-refractivity contribution >= 4 is 6.29 Å². The maximum atomic E-state index is 8.69. The van der Waals surface area contributed by atoms with Crippen molar-refractivity contribution in [2.75, 3.05) is 0 Å². The predicted octanol–water partition coefficient (Wildman–Crippen LogP) is 1.72. The van der Waals surface area contributed by atoms with Gasteiger partial charge in [0.1, 0.15) is 0 Å². The third-order valence-electron chi connectivity index (χ3n) is 0.848. The molecule has 0 heterocycles. The Kier molecular flexibility index (Phi) is 11.4. The Balaban J connectivity index is 0. The van der Waals surface area contributed by atoms with Gasteiger partial charge in [0.15, 0.2) is 0 Å². The molecular weight excluding hydrogens is 201 g/mol. The summed E-state index contributed by atoms with van der Waals surface area (Å²) in [6, 6.07) is 0. The van der Waals surface area contributed by atoms with E-state index in [9.17, 15) is 0 Å². The molecule has 10 heavy (non-hydrogen) atoms. The van der Waals surface area contributed by atoms with Crippen LogP contribution in [0.3, 0.4) is 0 Å². The van der Waals surface area contributed by atoms with Crippen molar-refractivity contribution in [2.45, 2.75) is 6.42 Å². The third-order valence-corrected chi connectivity index (χ3v) is 0.848. The van der Waals surface area contributed by atoms with Gasteiger partial charge in [0.25, 0.3) is 0 Å². The first-order valence-electron chi connectivity index (χ1n) is 2.72. The number of allylic oxidation sites excluding steroid dienone is 4. The summed E-state index contributed by atoms with van der Waals surface area (Å²) in [4.78, 5) is 8.69. The Morgan fingerprint density at radius 1 is 1.60 bits per heavy atom. The van der Waals surface area contributed by atoms with E-state index in [1.54, 1.807) is 0 Å². The number of carbonyl (C=O) groups is 1. The third kappa shape index (κ3) is 7.99. The molecule has 0 saturated heterocycles. The molecule has 0 amide bonds. The van der Waals surface area contributed by atoms with Gasteiger partial charge in [-0.2, -0.15) is 24.6 Å². The maximum Gasteiger partial charge on any atom is 0 e. The molecule has 0 unspecified atom stereocenters. The van der Waals surface area contributed by atoms with Crippen molar-refractivity contribution in [3.05, 3.63) is 37.6 Å². The number of hydrogen-bond donors (Lipinski definition) is 0. The standard InChI is InChI=1S/C6H7.C2H3O.Y/c1-6-4-2-3-5-6;1-2-3;/h2,4-5H,1,3H2;2H,1H2;/q2*-1;. The zero-order chi connectivity index (χ0) is 7.11. The summed E-state index contributed by atoms with van der Waals surface area (Å²) in [7, 11) is 0. The van der Waals surface area contributed by atoms with Gasteiger partial charge in [0.2, 0.25) is 0 Å². The average molecular weight is 211 g/mol. The smallest absolute Gasteiger partial charge is 0 e. The molecule has 1 aliphatic carbocycles. The van der Waals surface area contributed by atoms with Crippen LogP contribution in [0, 0.1) is 13.8 Å². The quantitative estimate of drug-likeness (QED) is 0.440. The Labute approximate surface area is 87.5 Å². The molecule has 0 bridgehead atoms. The molecule has 2 heteroatoms. The molecule has 0 spiro atoms. The largest absolute Gasteiger partial charge is 0.343 e. The van der Waals surface area contributed by atoms with Gasteiger partial charge >= 0.3 is 0 Å². The Bertz CT molecular complexity index is 133. The number of hydrogen-bond acceptors (Lipinski definition) is 1. The van der Waals surface area contributed by atoms with Gasteiger partial charge < -0.3 is 11.7 Å². The van der Waals surface area contributed by atoms with Crippen molar-refractivity contribution in [1.29, 1.82) is 0 Å².